The van der Waals surface area contributed by atoms with Crippen LogP contribution in [0.25, 0.3) is 0 Å². The van der Waals surface area contributed by atoms with E-state index in [1.165, 1.54) is 32.1 Å². The quantitative estimate of drug-likeness (QED) is 0.607. The maximum atomic E-state index is 2.34. The molecule has 0 aromatic heterocycles. The molecule has 0 amide bonds. The fraction of sp³-hybridized carbons (Fsp3) is 1.00. The molecule has 2 rings (SSSR count). The second-order valence-corrected chi connectivity index (χ2v) is 5.97. The second-order valence-electron chi connectivity index (χ2n) is 5.97. The highest BCUT2D eigenvalue weighted by Crippen LogP contribution is 2.40. The van der Waals surface area contributed by atoms with Gasteiger partial charge in [-0.15, -0.1) is 12.4 Å². The highest BCUT2D eigenvalue weighted by atomic mass is 35.5. The number of hydrogen-bond acceptors (Lipinski definition) is 0. The van der Waals surface area contributed by atoms with Crippen molar-refractivity contribution < 1.29 is 0 Å². The van der Waals surface area contributed by atoms with Crippen molar-refractivity contribution in [2.75, 3.05) is 0 Å². The van der Waals surface area contributed by atoms with Crippen molar-refractivity contribution in [3.05, 3.63) is 0 Å². The van der Waals surface area contributed by atoms with Gasteiger partial charge in [0, 0.05) is 0 Å². The highest BCUT2D eigenvalue weighted by molar-refractivity contribution is 5.85. The van der Waals surface area contributed by atoms with Gasteiger partial charge in [0.15, 0.2) is 0 Å². The van der Waals surface area contributed by atoms with E-state index in [2.05, 4.69) is 6.92 Å². The Labute approximate surface area is 108 Å². The molecule has 2 aliphatic rings. The minimum Gasteiger partial charge on any atom is -0.147 e. The molecule has 0 N–H and O–H groups in total. The van der Waals surface area contributed by atoms with Crippen LogP contribution in [-0.2, 0) is 0 Å². The van der Waals surface area contributed by atoms with Crippen molar-refractivity contribution in [1.29, 1.82) is 0 Å². The van der Waals surface area contributed by atoms with E-state index in [1.54, 1.807) is 38.5 Å². The van der Waals surface area contributed by atoms with E-state index < -0.39 is 0 Å². The van der Waals surface area contributed by atoms with Gasteiger partial charge in [0.05, 0.1) is 0 Å². The first-order valence-corrected chi connectivity index (χ1v) is 7.40. The van der Waals surface area contributed by atoms with E-state index in [4.69, 9.17) is 0 Å². The molecule has 16 heavy (non-hydrogen) atoms. The van der Waals surface area contributed by atoms with E-state index in [1.807, 2.05) is 0 Å². The van der Waals surface area contributed by atoms with Gasteiger partial charge in [-0.05, 0) is 30.6 Å². The van der Waals surface area contributed by atoms with Gasteiger partial charge in [0.2, 0.25) is 0 Å². The maximum absolute atomic E-state index is 2.34. The van der Waals surface area contributed by atoms with Gasteiger partial charge in [0.1, 0.15) is 0 Å². The molecule has 0 atom stereocenters. The Morgan fingerprint density at radius 1 is 0.750 bits per heavy atom. The summed E-state index contributed by atoms with van der Waals surface area (Å²) in [7, 11) is 0. The van der Waals surface area contributed by atoms with Crippen LogP contribution in [0.5, 0.6) is 0 Å². The Hall–Kier alpha value is 0.290. The summed E-state index contributed by atoms with van der Waals surface area (Å²) in [6.07, 6.45) is 16.8. The van der Waals surface area contributed by atoms with Gasteiger partial charge in [-0.1, -0.05) is 64.7 Å². The van der Waals surface area contributed by atoms with Gasteiger partial charge in [-0.25, -0.2) is 0 Å². The number of halogens is 1. The molecular weight excluding hydrogens is 216 g/mol. The van der Waals surface area contributed by atoms with E-state index in [-0.39, 0.29) is 12.4 Å². The largest absolute Gasteiger partial charge is 0.147 e. The molecule has 0 aromatic rings. The van der Waals surface area contributed by atoms with Crippen LogP contribution in [0.4, 0.5) is 0 Å². The highest BCUT2D eigenvalue weighted by Gasteiger charge is 2.27. The minimum atomic E-state index is 0. The Balaban J connectivity index is 0.00000128. The van der Waals surface area contributed by atoms with Crippen molar-refractivity contribution in [1.82, 2.24) is 0 Å². The molecule has 0 bridgehead atoms. The van der Waals surface area contributed by atoms with Crippen molar-refractivity contribution in [3.63, 3.8) is 0 Å². The first-order chi connectivity index (χ1) is 7.40. The van der Waals surface area contributed by atoms with E-state index in [9.17, 15) is 0 Å². The predicted octanol–water partition coefficient (Wildman–Crippen LogP) is 5.60. The Morgan fingerprint density at radius 3 is 1.88 bits per heavy atom. The smallest absolute Gasteiger partial charge is 0.0386 e. The summed E-state index contributed by atoms with van der Waals surface area (Å²) in [5.41, 5.74) is 0. The van der Waals surface area contributed by atoms with Crippen molar-refractivity contribution in [2.24, 2.45) is 17.8 Å². The van der Waals surface area contributed by atoms with E-state index in [0.29, 0.717) is 0 Å². The minimum absolute atomic E-state index is 0. The fourth-order valence-electron chi connectivity index (χ4n) is 3.96. The molecular formula is C15H29Cl. The summed E-state index contributed by atoms with van der Waals surface area (Å²) in [5.74, 6) is 3.34. The lowest BCUT2D eigenvalue weighted by Gasteiger charge is -2.35. The molecule has 0 heterocycles. The number of hydrogen-bond donors (Lipinski definition) is 0. The average molecular weight is 245 g/mol. The molecule has 2 saturated carbocycles. The summed E-state index contributed by atoms with van der Waals surface area (Å²) >= 11 is 0. The standard InChI is InChI=1S/C15H28.ClH/c1-2-6-13-9-11-15(12-10-13)14-7-4-3-5-8-14;/h13-15H,2-12H2,1H3;1H. The molecule has 2 fully saturated rings. The van der Waals surface area contributed by atoms with Crippen LogP contribution < -0.4 is 0 Å². The van der Waals surface area contributed by atoms with Crippen molar-refractivity contribution in [3.8, 4) is 0 Å². The summed E-state index contributed by atoms with van der Waals surface area (Å²) in [6, 6.07) is 0. The van der Waals surface area contributed by atoms with Crippen molar-refractivity contribution >= 4 is 12.4 Å². The molecule has 1 heteroatoms. The second kappa shape index (κ2) is 7.58. The molecule has 0 spiro atoms. The monoisotopic (exact) mass is 244 g/mol. The normalized spacial score (nSPS) is 32.1. The SMILES string of the molecule is CCCC1CCC(C2CCCCC2)CC1.Cl. The third-order valence-corrected chi connectivity index (χ3v) is 4.90. The first-order valence-electron chi connectivity index (χ1n) is 7.40. The van der Waals surface area contributed by atoms with Gasteiger partial charge < -0.3 is 0 Å². The fourth-order valence-corrected chi connectivity index (χ4v) is 3.96. The summed E-state index contributed by atoms with van der Waals surface area (Å²) < 4.78 is 0. The lowest BCUT2D eigenvalue weighted by Crippen LogP contribution is -2.23. The molecule has 0 saturated heterocycles. The van der Waals surface area contributed by atoms with Gasteiger partial charge in [-0.2, -0.15) is 0 Å². The lowest BCUT2D eigenvalue weighted by atomic mass is 9.70. The Bertz CT molecular complexity index is 164. The third-order valence-electron chi connectivity index (χ3n) is 4.90. The molecule has 96 valence electrons. The zero-order chi connectivity index (χ0) is 10.5. The lowest BCUT2D eigenvalue weighted by molar-refractivity contribution is 0.163. The van der Waals surface area contributed by atoms with Gasteiger partial charge in [0.25, 0.3) is 0 Å². The summed E-state index contributed by atoms with van der Waals surface area (Å²) in [4.78, 5) is 0. The average Bonchev–Trinajstić information content (AvgIpc) is 2.32. The van der Waals surface area contributed by atoms with Crippen LogP contribution in [0.15, 0.2) is 0 Å². The van der Waals surface area contributed by atoms with Crippen LogP contribution in [0.3, 0.4) is 0 Å². The molecule has 0 unspecified atom stereocenters. The molecule has 0 aromatic carbocycles. The van der Waals surface area contributed by atoms with Crippen LogP contribution in [0.2, 0.25) is 0 Å². The molecule has 0 aliphatic heterocycles. The first kappa shape index (κ1) is 14.4. The van der Waals surface area contributed by atoms with E-state index in [0.717, 1.165) is 17.8 Å². The molecule has 2 aliphatic carbocycles. The zero-order valence-electron chi connectivity index (χ0n) is 10.9. The predicted molar refractivity (Wildman–Crippen MR) is 74.2 cm³/mol. The third kappa shape index (κ3) is 3.95. The Morgan fingerprint density at radius 2 is 1.31 bits per heavy atom. The zero-order valence-corrected chi connectivity index (χ0v) is 11.7. The summed E-state index contributed by atoms with van der Waals surface area (Å²) in [5, 5.41) is 0. The maximum Gasteiger partial charge on any atom is -0.0386 e. The van der Waals surface area contributed by atoms with E-state index >= 15 is 0 Å². The van der Waals surface area contributed by atoms with Gasteiger partial charge >= 0.3 is 0 Å². The van der Waals surface area contributed by atoms with Gasteiger partial charge in [-0.3, -0.25) is 0 Å². The molecule has 0 radical (unpaired) electrons. The van der Waals surface area contributed by atoms with Crippen LogP contribution >= 0.6 is 12.4 Å². The topological polar surface area (TPSA) is 0 Å². The van der Waals surface area contributed by atoms with Crippen LogP contribution in [-0.4, -0.2) is 0 Å². The van der Waals surface area contributed by atoms with Crippen molar-refractivity contribution in [2.45, 2.75) is 77.6 Å². The van der Waals surface area contributed by atoms with Crippen LogP contribution in [0.1, 0.15) is 77.6 Å². The Kier molecular flexibility index (Phi) is 6.80. The number of rotatable bonds is 3. The summed E-state index contributed by atoms with van der Waals surface area (Å²) in [6.45, 7) is 2.34. The van der Waals surface area contributed by atoms with Crippen LogP contribution in [0, 0.1) is 17.8 Å². The molecule has 0 nitrogen and oxygen atoms in total.